The number of benzene rings is 1. The Morgan fingerprint density at radius 1 is 1.19 bits per heavy atom. The van der Waals surface area contributed by atoms with Gasteiger partial charge in [-0.3, -0.25) is 4.52 Å². The van der Waals surface area contributed by atoms with Gasteiger partial charge in [-0.25, -0.2) is 14.2 Å². The summed E-state index contributed by atoms with van der Waals surface area (Å²) in [5, 5.41) is 28.5. The van der Waals surface area contributed by atoms with Crippen molar-refractivity contribution in [2.45, 2.75) is 31.2 Å². The summed E-state index contributed by atoms with van der Waals surface area (Å²) in [6.45, 7) is 1.48. The maximum absolute atomic E-state index is 12.6. The third-order valence-corrected chi connectivity index (χ3v) is 5.32. The Hall–Kier alpha value is -2.05. The van der Waals surface area contributed by atoms with E-state index in [1.807, 2.05) is 0 Å². The molecule has 5 N–H and O–H groups in total. The summed E-state index contributed by atoms with van der Waals surface area (Å²) in [6.07, 6.45) is -5.09. The van der Waals surface area contributed by atoms with Crippen molar-refractivity contribution in [2.75, 3.05) is 34.4 Å². The van der Waals surface area contributed by atoms with E-state index in [0.717, 1.165) is 0 Å². The molecule has 0 aliphatic rings. The van der Waals surface area contributed by atoms with Gasteiger partial charge in [0.1, 0.15) is 11.4 Å². The fourth-order valence-electron chi connectivity index (χ4n) is 3.29. The number of nitrogens with zero attached hydrogens (tertiary/aromatic N) is 1. The van der Waals surface area contributed by atoms with E-state index in [4.69, 9.17) is 24.4 Å². The number of hydrogen-bond donors (Lipinski definition) is 5. The number of phosphoric ester groups is 1. The van der Waals surface area contributed by atoms with Crippen LogP contribution in [0.5, 0.6) is 5.75 Å². The zero-order chi connectivity index (χ0) is 24.7. The molecule has 1 rings (SSSR count). The minimum absolute atomic E-state index is 0.262. The van der Waals surface area contributed by atoms with Crippen LogP contribution in [0.3, 0.4) is 0 Å². The van der Waals surface area contributed by atoms with Crippen LogP contribution in [0.25, 0.3) is 0 Å². The second-order valence-corrected chi connectivity index (χ2v) is 8.75. The lowest BCUT2D eigenvalue weighted by molar-refractivity contribution is -0.190. The number of hydrogen-bond acceptors (Lipinski definition) is 9. The van der Waals surface area contributed by atoms with Gasteiger partial charge in [0.2, 0.25) is 0 Å². The van der Waals surface area contributed by atoms with Crippen LogP contribution in [-0.2, 0) is 29.0 Å². The molecule has 0 saturated heterocycles. The summed E-state index contributed by atoms with van der Waals surface area (Å²) in [6, 6.07) is 6.35. The Morgan fingerprint density at radius 2 is 1.81 bits per heavy atom. The van der Waals surface area contributed by atoms with Crippen molar-refractivity contribution in [2.24, 2.45) is 5.92 Å². The van der Waals surface area contributed by atoms with Gasteiger partial charge in [0.15, 0.2) is 12.2 Å². The number of carboxylic acids is 1. The van der Waals surface area contributed by atoms with Gasteiger partial charge in [-0.2, -0.15) is 0 Å². The Labute approximate surface area is 185 Å². The van der Waals surface area contributed by atoms with Gasteiger partial charge >= 0.3 is 19.8 Å². The number of methoxy groups -OCH3 is 1. The molecule has 0 aliphatic heterocycles. The number of carboxylic acid groups (broad SMARTS) is 1. The molecule has 32 heavy (non-hydrogen) atoms. The highest BCUT2D eigenvalue weighted by molar-refractivity contribution is 7.46. The molecule has 0 aliphatic carbocycles. The third-order valence-electron chi connectivity index (χ3n) is 4.80. The molecule has 1 aromatic carbocycles. The number of rotatable bonds is 13. The quantitative estimate of drug-likeness (QED) is 0.188. The molecule has 0 saturated carbocycles. The minimum Gasteiger partial charge on any atom is -0.497 e. The molecule has 0 bridgehead atoms. The topological polar surface area (TPSA) is 183 Å². The monoisotopic (exact) mass is 479 g/mol. The first-order valence-electron chi connectivity index (χ1n) is 9.54. The highest BCUT2D eigenvalue weighted by atomic mass is 31.2. The zero-order valence-corrected chi connectivity index (χ0v) is 19.1. The van der Waals surface area contributed by atoms with E-state index >= 15 is 0 Å². The van der Waals surface area contributed by atoms with E-state index in [1.54, 1.807) is 44.1 Å². The van der Waals surface area contributed by atoms with Crippen LogP contribution < -0.4 is 4.74 Å². The van der Waals surface area contributed by atoms with Crippen molar-refractivity contribution in [3.63, 3.8) is 0 Å². The number of aliphatic hydroxyl groups excluding tert-OH is 2. The first-order valence-corrected chi connectivity index (χ1v) is 11.1. The number of ether oxygens (including phenoxy) is 2. The van der Waals surface area contributed by atoms with Crippen molar-refractivity contribution in [1.82, 2.24) is 4.90 Å². The maximum atomic E-state index is 12.6. The average molecular weight is 479 g/mol. The average Bonchev–Trinajstić information content (AvgIpc) is 2.70. The van der Waals surface area contributed by atoms with E-state index < -0.39 is 50.1 Å². The van der Waals surface area contributed by atoms with Crippen LogP contribution in [-0.4, -0.2) is 88.5 Å². The van der Waals surface area contributed by atoms with E-state index in [0.29, 0.717) is 17.9 Å². The van der Waals surface area contributed by atoms with Gasteiger partial charge in [-0.15, -0.1) is 0 Å². The second-order valence-electron chi connectivity index (χ2n) is 7.51. The van der Waals surface area contributed by atoms with Crippen LogP contribution in [0.1, 0.15) is 18.9 Å². The molecular weight excluding hydrogens is 449 g/mol. The zero-order valence-electron chi connectivity index (χ0n) is 18.2. The normalized spacial score (nSPS) is 16.7. The van der Waals surface area contributed by atoms with Gasteiger partial charge in [-0.05, 0) is 31.8 Å². The van der Waals surface area contributed by atoms with Crippen LogP contribution in [0.4, 0.5) is 0 Å². The number of phosphoric acid groups is 1. The number of carbonyl (C=O) groups excluding carboxylic acids is 1. The Balaban J connectivity index is 3.52. The summed E-state index contributed by atoms with van der Waals surface area (Å²) >= 11 is 0. The van der Waals surface area contributed by atoms with Crippen molar-refractivity contribution in [3.05, 3.63) is 29.8 Å². The number of aliphatic hydroxyl groups is 2. The van der Waals surface area contributed by atoms with Crippen LogP contribution in [0.2, 0.25) is 0 Å². The van der Waals surface area contributed by atoms with Crippen molar-refractivity contribution in [3.8, 4) is 5.75 Å². The molecule has 0 fully saturated rings. The largest absolute Gasteiger partial charge is 0.497 e. The van der Waals surface area contributed by atoms with Gasteiger partial charge < -0.3 is 39.5 Å². The van der Waals surface area contributed by atoms with Gasteiger partial charge in [-0.1, -0.05) is 19.1 Å². The third kappa shape index (κ3) is 7.82. The van der Waals surface area contributed by atoms with Gasteiger partial charge in [0.25, 0.3) is 0 Å². The number of aliphatic carboxylic acids is 1. The highest BCUT2D eigenvalue weighted by Gasteiger charge is 2.45. The second kappa shape index (κ2) is 11.7. The summed E-state index contributed by atoms with van der Waals surface area (Å²) in [5.74, 6) is -3.41. The Kier molecular flexibility index (Phi) is 10.2. The summed E-state index contributed by atoms with van der Waals surface area (Å²) in [4.78, 5) is 43.5. The SMILES string of the molecule is COc1cccc(C(CCOP(=O)(O)O)(OC(=O)C(O)C(O)C(=O)O)C(C)CN(C)C)c1. The lowest BCUT2D eigenvalue weighted by atomic mass is 9.79. The Bertz CT molecular complexity index is 827. The van der Waals surface area contributed by atoms with E-state index in [9.17, 15) is 24.4 Å². The Morgan fingerprint density at radius 3 is 2.31 bits per heavy atom. The molecule has 4 unspecified atom stereocenters. The summed E-state index contributed by atoms with van der Waals surface area (Å²) in [7, 11) is 0.0831. The minimum atomic E-state index is -4.84. The lowest BCUT2D eigenvalue weighted by Gasteiger charge is -2.41. The molecule has 0 aromatic heterocycles. The van der Waals surface area contributed by atoms with Crippen LogP contribution in [0.15, 0.2) is 24.3 Å². The number of esters is 1. The highest BCUT2D eigenvalue weighted by Crippen LogP contribution is 2.42. The van der Waals surface area contributed by atoms with E-state index in [2.05, 4.69) is 4.52 Å². The van der Waals surface area contributed by atoms with Gasteiger partial charge in [0, 0.05) is 18.9 Å². The first-order chi connectivity index (χ1) is 14.7. The van der Waals surface area contributed by atoms with E-state index in [-0.39, 0.29) is 6.42 Å². The van der Waals surface area contributed by atoms with Crippen molar-refractivity contribution >= 4 is 19.8 Å². The van der Waals surface area contributed by atoms with Crippen molar-refractivity contribution in [1.29, 1.82) is 0 Å². The standard InChI is InChI=1S/C19H30NO11P/c1-12(11-20(2)3)19(8-9-30-32(26,27)28,13-6-5-7-14(10-13)29-4)31-18(25)16(22)15(21)17(23)24/h5-7,10,12,15-16,21-22H,8-9,11H2,1-4H3,(H,23,24)(H2,26,27,28). The fourth-order valence-corrected chi connectivity index (χ4v) is 3.62. The molecule has 12 nitrogen and oxygen atoms in total. The molecule has 0 radical (unpaired) electrons. The molecule has 0 amide bonds. The lowest BCUT2D eigenvalue weighted by Crippen LogP contribution is -2.48. The molecule has 182 valence electrons. The predicted octanol–water partition coefficient (Wildman–Crippen LogP) is -0.0628. The van der Waals surface area contributed by atoms with Crippen LogP contribution in [0, 0.1) is 5.92 Å². The molecule has 0 heterocycles. The summed E-state index contributed by atoms with van der Waals surface area (Å²) < 4.78 is 26.6. The molecule has 13 heteroatoms. The fraction of sp³-hybridized carbons (Fsp3) is 0.579. The smallest absolute Gasteiger partial charge is 0.469 e. The van der Waals surface area contributed by atoms with Gasteiger partial charge in [0.05, 0.1) is 13.7 Å². The molecule has 1 aromatic rings. The van der Waals surface area contributed by atoms with Crippen LogP contribution >= 0.6 is 7.82 Å². The summed E-state index contributed by atoms with van der Waals surface area (Å²) in [5.41, 5.74) is -1.28. The predicted molar refractivity (Wildman–Crippen MR) is 111 cm³/mol. The first kappa shape index (κ1) is 28.0. The molecular formula is C19H30NO11P. The molecule has 4 atom stereocenters. The number of carbonyl (C=O) groups is 2. The van der Waals surface area contributed by atoms with E-state index in [1.165, 1.54) is 13.2 Å². The van der Waals surface area contributed by atoms with Crippen molar-refractivity contribution < 1.29 is 53.3 Å². The maximum Gasteiger partial charge on any atom is 0.469 e. The molecule has 0 spiro atoms.